The SMILES string of the molecule is C[C@H]1[C@H](c2ccccc2)[C@@H]([C@H](N)c2ccccc2)N1C. The molecule has 1 heterocycles. The van der Waals surface area contributed by atoms with Crippen LogP contribution in [0, 0.1) is 0 Å². The number of rotatable bonds is 3. The summed E-state index contributed by atoms with van der Waals surface area (Å²) in [5, 5.41) is 0. The first-order valence-electron chi connectivity index (χ1n) is 7.27. The van der Waals surface area contributed by atoms with E-state index < -0.39 is 0 Å². The Balaban J connectivity index is 1.88. The second-order valence-electron chi connectivity index (χ2n) is 5.77. The smallest absolute Gasteiger partial charge is 0.0459 e. The van der Waals surface area contributed by atoms with E-state index in [0.717, 1.165) is 0 Å². The Kier molecular flexibility index (Phi) is 3.60. The number of nitrogens with zero attached hydrogens (tertiary/aromatic N) is 1. The van der Waals surface area contributed by atoms with E-state index in [1.165, 1.54) is 11.1 Å². The molecule has 0 bridgehead atoms. The van der Waals surface area contributed by atoms with Crippen LogP contribution in [0.1, 0.15) is 30.0 Å². The van der Waals surface area contributed by atoms with Gasteiger partial charge in [0.15, 0.2) is 0 Å². The normalized spacial score (nSPS) is 27.9. The van der Waals surface area contributed by atoms with Crippen LogP contribution >= 0.6 is 0 Å². The maximum atomic E-state index is 6.54. The number of nitrogens with two attached hydrogens (primary N) is 1. The summed E-state index contributed by atoms with van der Waals surface area (Å²) in [7, 11) is 2.18. The van der Waals surface area contributed by atoms with Crippen LogP contribution in [0.15, 0.2) is 60.7 Å². The summed E-state index contributed by atoms with van der Waals surface area (Å²) >= 11 is 0. The van der Waals surface area contributed by atoms with E-state index in [9.17, 15) is 0 Å². The van der Waals surface area contributed by atoms with Crippen molar-refractivity contribution in [2.24, 2.45) is 5.73 Å². The van der Waals surface area contributed by atoms with Gasteiger partial charge in [0.05, 0.1) is 0 Å². The van der Waals surface area contributed by atoms with Crippen molar-refractivity contribution in [3.05, 3.63) is 71.8 Å². The highest BCUT2D eigenvalue weighted by Gasteiger charge is 2.47. The van der Waals surface area contributed by atoms with Crippen LogP contribution in [0.2, 0.25) is 0 Å². The molecule has 20 heavy (non-hydrogen) atoms. The lowest BCUT2D eigenvalue weighted by atomic mass is 9.72. The summed E-state index contributed by atoms with van der Waals surface area (Å²) in [4.78, 5) is 2.40. The van der Waals surface area contributed by atoms with Gasteiger partial charge in [-0.15, -0.1) is 0 Å². The molecular formula is C18H22N2. The zero-order valence-corrected chi connectivity index (χ0v) is 12.1. The largest absolute Gasteiger partial charge is 0.323 e. The molecule has 0 amide bonds. The summed E-state index contributed by atoms with van der Waals surface area (Å²) in [6.07, 6.45) is 0. The lowest BCUT2D eigenvalue weighted by molar-refractivity contribution is 0.00580. The maximum Gasteiger partial charge on any atom is 0.0459 e. The number of likely N-dealkylation sites (tertiary alicyclic amines) is 1. The lowest BCUT2D eigenvalue weighted by Gasteiger charge is -2.55. The Morgan fingerprint density at radius 2 is 1.50 bits per heavy atom. The standard InChI is InChI=1S/C18H22N2/c1-13-16(14-9-5-3-6-10-14)18(20(13)2)17(19)15-11-7-4-8-12-15/h3-13,16-18H,19H2,1-2H3/t13-,16+,17+,18-/m0/s1. The highest BCUT2D eigenvalue weighted by atomic mass is 15.3. The number of hydrogen-bond donors (Lipinski definition) is 1. The van der Waals surface area contributed by atoms with Gasteiger partial charge in [0.1, 0.15) is 0 Å². The first-order valence-corrected chi connectivity index (χ1v) is 7.27. The fourth-order valence-corrected chi connectivity index (χ4v) is 3.46. The van der Waals surface area contributed by atoms with E-state index in [4.69, 9.17) is 5.73 Å². The van der Waals surface area contributed by atoms with Crippen molar-refractivity contribution < 1.29 is 0 Å². The van der Waals surface area contributed by atoms with Crippen LogP contribution in [0.25, 0.3) is 0 Å². The first kappa shape index (κ1) is 13.3. The molecule has 1 saturated heterocycles. The summed E-state index contributed by atoms with van der Waals surface area (Å²) in [5.74, 6) is 0.511. The Labute approximate surface area is 121 Å². The van der Waals surface area contributed by atoms with Gasteiger partial charge in [-0.1, -0.05) is 60.7 Å². The van der Waals surface area contributed by atoms with E-state index >= 15 is 0 Å². The Bertz CT molecular complexity index is 552. The number of benzene rings is 2. The van der Waals surface area contributed by atoms with Gasteiger partial charge < -0.3 is 5.73 Å². The molecule has 104 valence electrons. The molecule has 2 aromatic rings. The topological polar surface area (TPSA) is 29.3 Å². The van der Waals surface area contributed by atoms with Gasteiger partial charge in [0.25, 0.3) is 0 Å². The second-order valence-corrected chi connectivity index (χ2v) is 5.77. The molecule has 1 fully saturated rings. The lowest BCUT2D eigenvalue weighted by Crippen LogP contribution is -2.62. The molecule has 1 aliphatic heterocycles. The number of likely N-dealkylation sites (N-methyl/N-ethyl adjacent to an activating group) is 1. The summed E-state index contributed by atoms with van der Waals surface area (Å²) in [5.41, 5.74) is 9.16. The van der Waals surface area contributed by atoms with E-state index in [-0.39, 0.29) is 6.04 Å². The molecule has 2 aromatic carbocycles. The molecular weight excluding hydrogens is 244 g/mol. The van der Waals surface area contributed by atoms with Crippen LogP contribution in [0.3, 0.4) is 0 Å². The van der Waals surface area contributed by atoms with Crippen molar-refractivity contribution in [2.45, 2.75) is 31.0 Å². The van der Waals surface area contributed by atoms with E-state index in [2.05, 4.69) is 73.5 Å². The average molecular weight is 266 g/mol. The molecule has 2 N–H and O–H groups in total. The van der Waals surface area contributed by atoms with Gasteiger partial charge in [-0.3, -0.25) is 4.90 Å². The molecule has 0 radical (unpaired) electrons. The van der Waals surface area contributed by atoms with E-state index in [1.807, 2.05) is 6.07 Å². The van der Waals surface area contributed by atoms with Crippen molar-refractivity contribution in [2.75, 3.05) is 7.05 Å². The zero-order chi connectivity index (χ0) is 14.1. The quantitative estimate of drug-likeness (QED) is 0.924. The van der Waals surface area contributed by atoms with Crippen LogP contribution in [0.4, 0.5) is 0 Å². The second kappa shape index (κ2) is 5.39. The van der Waals surface area contributed by atoms with Gasteiger partial charge in [0, 0.05) is 24.0 Å². The van der Waals surface area contributed by atoms with Crippen molar-refractivity contribution in [3.63, 3.8) is 0 Å². The highest BCUT2D eigenvalue weighted by molar-refractivity contribution is 5.31. The van der Waals surface area contributed by atoms with Gasteiger partial charge in [-0.05, 0) is 25.1 Å². The predicted octanol–water partition coefficient (Wildman–Crippen LogP) is 3.17. The number of hydrogen-bond acceptors (Lipinski definition) is 2. The van der Waals surface area contributed by atoms with Crippen LogP contribution in [-0.4, -0.2) is 24.0 Å². The van der Waals surface area contributed by atoms with Crippen molar-refractivity contribution in [1.29, 1.82) is 0 Å². The minimum absolute atomic E-state index is 0.0580. The Morgan fingerprint density at radius 1 is 0.950 bits per heavy atom. The molecule has 1 aliphatic rings. The summed E-state index contributed by atoms with van der Waals surface area (Å²) < 4.78 is 0. The fourth-order valence-electron chi connectivity index (χ4n) is 3.46. The Hall–Kier alpha value is -1.64. The first-order chi connectivity index (χ1) is 9.70. The third-order valence-electron chi connectivity index (χ3n) is 4.74. The van der Waals surface area contributed by atoms with E-state index in [1.54, 1.807) is 0 Å². The highest BCUT2D eigenvalue weighted by Crippen LogP contribution is 2.44. The monoisotopic (exact) mass is 266 g/mol. The van der Waals surface area contributed by atoms with Crippen molar-refractivity contribution in [3.8, 4) is 0 Å². The third-order valence-corrected chi connectivity index (χ3v) is 4.74. The van der Waals surface area contributed by atoms with Crippen molar-refractivity contribution >= 4 is 0 Å². The summed E-state index contributed by atoms with van der Waals surface area (Å²) in [6.45, 7) is 2.28. The molecule has 0 unspecified atom stereocenters. The average Bonchev–Trinajstić information content (AvgIpc) is 2.52. The molecule has 0 aromatic heterocycles. The molecule has 2 nitrogen and oxygen atoms in total. The minimum Gasteiger partial charge on any atom is -0.323 e. The van der Waals surface area contributed by atoms with Crippen LogP contribution in [-0.2, 0) is 0 Å². The molecule has 3 rings (SSSR count). The molecule has 0 aliphatic carbocycles. The van der Waals surface area contributed by atoms with E-state index in [0.29, 0.717) is 18.0 Å². The predicted molar refractivity (Wildman–Crippen MR) is 83.6 cm³/mol. The fraction of sp³-hybridized carbons (Fsp3) is 0.333. The minimum atomic E-state index is 0.0580. The van der Waals surface area contributed by atoms with Gasteiger partial charge in [-0.25, -0.2) is 0 Å². The zero-order valence-electron chi connectivity index (χ0n) is 12.1. The molecule has 2 heteroatoms. The molecule has 0 spiro atoms. The van der Waals surface area contributed by atoms with Gasteiger partial charge >= 0.3 is 0 Å². The van der Waals surface area contributed by atoms with Crippen LogP contribution < -0.4 is 5.73 Å². The van der Waals surface area contributed by atoms with Crippen LogP contribution in [0.5, 0.6) is 0 Å². The van der Waals surface area contributed by atoms with Gasteiger partial charge in [0.2, 0.25) is 0 Å². The van der Waals surface area contributed by atoms with Gasteiger partial charge in [-0.2, -0.15) is 0 Å². The molecule has 0 saturated carbocycles. The maximum absolute atomic E-state index is 6.54. The Morgan fingerprint density at radius 3 is 2.10 bits per heavy atom. The van der Waals surface area contributed by atoms with Crippen molar-refractivity contribution in [1.82, 2.24) is 4.90 Å². The summed E-state index contributed by atoms with van der Waals surface area (Å²) in [6, 6.07) is 22.1. The third kappa shape index (κ3) is 2.15. The molecule has 4 atom stereocenters.